The van der Waals surface area contributed by atoms with Gasteiger partial charge < -0.3 is 14.4 Å². The lowest BCUT2D eigenvalue weighted by atomic mass is 10.2. The maximum absolute atomic E-state index is 13.0. The highest BCUT2D eigenvalue weighted by Crippen LogP contribution is 2.18. The lowest BCUT2D eigenvalue weighted by molar-refractivity contribution is -0.131. The molecule has 0 bridgehead atoms. The summed E-state index contributed by atoms with van der Waals surface area (Å²) in [6.07, 6.45) is 3.18. The van der Waals surface area contributed by atoms with E-state index < -0.39 is 0 Å². The second-order valence-corrected chi connectivity index (χ2v) is 7.74. The Labute approximate surface area is 186 Å². The average Bonchev–Trinajstić information content (AvgIpc) is 3.16. The number of benzene rings is 2. The van der Waals surface area contributed by atoms with Crippen LogP contribution in [-0.4, -0.2) is 50.2 Å². The number of fused-ring (bicyclic) bond motifs is 1. The molecule has 32 heavy (non-hydrogen) atoms. The van der Waals surface area contributed by atoms with Gasteiger partial charge in [0.05, 0.1) is 23.1 Å². The Morgan fingerprint density at radius 2 is 1.62 bits per heavy atom. The molecule has 0 spiro atoms. The van der Waals surface area contributed by atoms with Crippen molar-refractivity contribution in [2.75, 3.05) is 14.1 Å². The summed E-state index contributed by atoms with van der Waals surface area (Å²) in [5.41, 5.74) is 3.24. The third kappa shape index (κ3) is 4.67. The molecule has 0 unspecified atom stereocenters. The minimum Gasteiger partial charge on any atom is -0.340 e. The molecule has 0 fully saturated rings. The number of hydrogen-bond acceptors (Lipinski definition) is 4. The minimum absolute atomic E-state index is 0.0282. The van der Waals surface area contributed by atoms with Gasteiger partial charge in [-0.15, -0.1) is 0 Å². The molecule has 7 heteroatoms. The maximum Gasteiger partial charge on any atom is 0.255 e. The van der Waals surface area contributed by atoms with Gasteiger partial charge in [-0.25, -0.2) is 4.98 Å². The minimum atomic E-state index is -0.149. The molecular formula is C25H25N5O2. The predicted octanol–water partition coefficient (Wildman–Crippen LogP) is 3.36. The Bertz CT molecular complexity index is 1220. The van der Waals surface area contributed by atoms with Crippen molar-refractivity contribution in [2.45, 2.75) is 19.6 Å². The van der Waals surface area contributed by atoms with Crippen molar-refractivity contribution in [3.63, 3.8) is 0 Å². The molecule has 0 N–H and O–H groups in total. The number of nitrogens with zero attached hydrogens (tertiary/aromatic N) is 5. The molecule has 4 aromatic rings. The highest BCUT2D eigenvalue weighted by molar-refractivity contribution is 5.93. The van der Waals surface area contributed by atoms with Gasteiger partial charge in [0, 0.05) is 33.0 Å². The first-order chi connectivity index (χ1) is 15.5. The molecule has 0 saturated heterocycles. The van der Waals surface area contributed by atoms with E-state index in [1.54, 1.807) is 48.4 Å². The van der Waals surface area contributed by atoms with Gasteiger partial charge in [0.1, 0.15) is 12.4 Å². The molecular weight excluding hydrogens is 402 g/mol. The molecule has 2 aromatic heterocycles. The van der Waals surface area contributed by atoms with Crippen LogP contribution in [0, 0.1) is 0 Å². The number of aromatic nitrogens is 3. The monoisotopic (exact) mass is 427 g/mol. The van der Waals surface area contributed by atoms with E-state index >= 15 is 0 Å². The standard InChI is InChI=1S/C25H25N5O2/c1-28(16-19-9-4-3-5-10-19)24(31)18-30-22-13-7-6-12-21(22)27-23(30)17-29(2)25(32)20-11-8-14-26-15-20/h3-15H,16-18H2,1-2H3. The Balaban J connectivity index is 1.56. The van der Waals surface area contributed by atoms with Crippen LogP contribution < -0.4 is 0 Å². The first-order valence-electron chi connectivity index (χ1n) is 10.4. The van der Waals surface area contributed by atoms with Crippen LogP contribution in [0.4, 0.5) is 0 Å². The van der Waals surface area contributed by atoms with E-state index in [1.807, 2.05) is 59.2 Å². The summed E-state index contributed by atoms with van der Waals surface area (Å²) in [7, 11) is 3.52. The summed E-state index contributed by atoms with van der Waals surface area (Å²) >= 11 is 0. The van der Waals surface area contributed by atoms with Crippen molar-refractivity contribution in [1.29, 1.82) is 0 Å². The number of para-hydroxylation sites is 2. The smallest absolute Gasteiger partial charge is 0.255 e. The normalized spacial score (nSPS) is 10.8. The van der Waals surface area contributed by atoms with E-state index in [-0.39, 0.29) is 24.9 Å². The van der Waals surface area contributed by atoms with Crippen molar-refractivity contribution >= 4 is 22.8 Å². The fourth-order valence-electron chi connectivity index (χ4n) is 3.62. The van der Waals surface area contributed by atoms with E-state index in [9.17, 15) is 9.59 Å². The van der Waals surface area contributed by atoms with Crippen LogP contribution in [0.5, 0.6) is 0 Å². The summed E-state index contributed by atoms with van der Waals surface area (Å²) in [6.45, 7) is 0.952. The quantitative estimate of drug-likeness (QED) is 0.453. The molecule has 0 saturated carbocycles. The Hall–Kier alpha value is -4.00. The van der Waals surface area contributed by atoms with E-state index in [2.05, 4.69) is 4.98 Å². The van der Waals surface area contributed by atoms with Crippen LogP contribution in [0.2, 0.25) is 0 Å². The molecule has 0 aliphatic rings. The number of rotatable bonds is 7. The lowest BCUT2D eigenvalue weighted by Gasteiger charge is -2.20. The van der Waals surface area contributed by atoms with Crippen LogP contribution in [-0.2, 0) is 24.4 Å². The molecule has 2 amide bonds. The topological polar surface area (TPSA) is 71.3 Å². The second-order valence-electron chi connectivity index (χ2n) is 7.74. The van der Waals surface area contributed by atoms with Gasteiger partial charge in [-0.05, 0) is 29.8 Å². The van der Waals surface area contributed by atoms with Gasteiger partial charge in [0.15, 0.2) is 0 Å². The summed E-state index contributed by atoms with van der Waals surface area (Å²) in [6, 6.07) is 21.0. The number of hydrogen-bond donors (Lipinski definition) is 0. The van der Waals surface area contributed by atoms with Gasteiger partial charge >= 0.3 is 0 Å². The number of carbonyl (C=O) groups excluding carboxylic acids is 2. The Morgan fingerprint density at radius 1 is 0.875 bits per heavy atom. The number of likely N-dealkylation sites (N-methyl/N-ethyl adjacent to an activating group) is 1. The summed E-state index contributed by atoms with van der Waals surface area (Å²) in [4.78, 5) is 37.9. The number of imidazole rings is 1. The number of carbonyl (C=O) groups is 2. The number of amides is 2. The zero-order valence-corrected chi connectivity index (χ0v) is 18.2. The van der Waals surface area contributed by atoms with E-state index in [1.165, 1.54) is 0 Å². The average molecular weight is 428 g/mol. The maximum atomic E-state index is 13.0. The van der Waals surface area contributed by atoms with Gasteiger partial charge in [0.25, 0.3) is 5.91 Å². The SMILES string of the molecule is CN(Cc1ccccc1)C(=O)Cn1c(CN(C)C(=O)c2cccnc2)nc2ccccc21. The molecule has 2 aromatic carbocycles. The number of pyridine rings is 1. The fraction of sp³-hybridized carbons (Fsp3) is 0.200. The third-order valence-electron chi connectivity index (χ3n) is 5.35. The molecule has 7 nitrogen and oxygen atoms in total. The predicted molar refractivity (Wildman–Crippen MR) is 123 cm³/mol. The first-order valence-corrected chi connectivity index (χ1v) is 10.4. The van der Waals surface area contributed by atoms with Crippen molar-refractivity contribution in [3.05, 3.63) is 96.1 Å². The highest BCUT2D eigenvalue weighted by atomic mass is 16.2. The summed E-state index contributed by atoms with van der Waals surface area (Å²) in [5.74, 6) is 0.483. The molecule has 0 radical (unpaired) electrons. The van der Waals surface area contributed by atoms with E-state index in [0.717, 1.165) is 16.6 Å². The largest absolute Gasteiger partial charge is 0.340 e. The zero-order chi connectivity index (χ0) is 22.5. The Kier molecular flexibility index (Phi) is 6.26. The molecule has 0 aliphatic heterocycles. The van der Waals surface area contributed by atoms with Crippen molar-refractivity contribution < 1.29 is 9.59 Å². The zero-order valence-electron chi connectivity index (χ0n) is 18.2. The van der Waals surface area contributed by atoms with Gasteiger partial charge in [-0.1, -0.05) is 42.5 Å². The van der Waals surface area contributed by atoms with Crippen molar-refractivity contribution in [2.24, 2.45) is 0 Å². The summed E-state index contributed by atoms with van der Waals surface area (Å²) in [5, 5.41) is 0. The summed E-state index contributed by atoms with van der Waals surface area (Å²) < 4.78 is 1.90. The molecule has 0 aliphatic carbocycles. The van der Waals surface area contributed by atoms with Crippen LogP contribution in [0.3, 0.4) is 0 Å². The van der Waals surface area contributed by atoms with Crippen LogP contribution in [0.1, 0.15) is 21.7 Å². The van der Waals surface area contributed by atoms with Crippen LogP contribution in [0.15, 0.2) is 79.1 Å². The highest BCUT2D eigenvalue weighted by Gasteiger charge is 2.20. The van der Waals surface area contributed by atoms with Crippen LogP contribution >= 0.6 is 0 Å². The molecule has 162 valence electrons. The first kappa shape index (κ1) is 21.2. The second kappa shape index (κ2) is 9.43. The van der Waals surface area contributed by atoms with E-state index in [0.29, 0.717) is 17.9 Å². The van der Waals surface area contributed by atoms with Crippen molar-refractivity contribution in [3.8, 4) is 0 Å². The molecule has 2 heterocycles. The lowest BCUT2D eigenvalue weighted by Crippen LogP contribution is -2.32. The van der Waals surface area contributed by atoms with Crippen LogP contribution in [0.25, 0.3) is 11.0 Å². The van der Waals surface area contributed by atoms with E-state index in [4.69, 9.17) is 4.98 Å². The Morgan fingerprint density at radius 3 is 2.38 bits per heavy atom. The molecule has 0 atom stereocenters. The van der Waals surface area contributed by atoms with Gasteiger partial charge in [0.2, 0.25) is 5.91 Å². The van der Waals surface area contributed by atoms with Gasteiger partial charge in [-0.3, -0.25) is 14.6 Å². The fourth-order valence-corrected chi connectivity index (χ4v) is 3.62. The van der Waals surface area contributed by atoms with Crippen molar-refractivity contribution in [1.82, 2.24) is 24.3 Å². The molecule has 4 rings (SSSR count). The third-order valence-corrected chi connectivity index (χ3v) is 5.35. The van der Waals surface area contributed by atoms with Gasteiger partial charge in [-0.2, -0.15) is 0 Å².